The normalized spacial score (nSPS) is 11.6. The molecule has 550 valence electrons. The van der Waals surface area contributed by atoms with Crippen molar-refractivity contribution < 1.29 is 0 Å². The highest BCUT2D eigenvalue weighted by Gasteiger charge is 2.23. The van der Waals surface area contributed by atoms with Gasteiger partial charge in [-0.3, -0.25) is 0 Å². The standard InChI is InChI=1S/C110H68N6S2/c1-5-23-69(24-6-1)86-32-15-16-35-96(86)109-113-105(78-28-9-3-10-29-78)111-108(115-109)81-59-55-77(56-60-81)102-87-33-14-13-27-71(87)61-64-88(102)74-47-51-76(52-48-74)90-39-22-43-95-99-68-83(63-66-101(99)118-104(90)95)82-62-65-97(98(67-82)70-25-7-2-8-26-70)110-114-106(79-30-11-4-12-31-79)112-107(116-110)80-57-53-73(54-58-80)85-37-20-40-91-84(36-19-41-92(85)91)72-45-49-75(50-46-72)89-38-21-42-94-93-34-17-18-44-100(93)117-103(89)94/h1-68H. The zero-order valence-corrected chi connectivity index (χ0v) is 65.4. The van der Waals surface area contributed by atoms with E-state index in [9.17, 15) is 0 Å². The van der Waals surface area contributed by atoms with E-state index in [0.29, 0.717) is 34.9 Å². The second-order valence-corrected chi connectivity index (χ2v) is 32.0. The molecule has 0 saturated heterocycles. The van der Waals surface area contributed by atoms with E-state index in [4.69, 9.17) is 29.9 Å². The van der Waals surface area contributed by atoms with Gasteiger partial charge in [-0.05, 0) is 152 Å². The van der Waals surface area contributed by atoms with Gasteiger partial charge in [-0.1, -0.05) is 382 Å². The van der Waals surface area contributed by atoms with E-state index in [0.717, 1.165) is 100 Å². The lowest BCUT2D eigenvalue weighted by Gasteiger charge is -2.16. The Labute approximate surface area is 690 Å². The van der Waals surface area contributed by atoms with Gasteiger partial charge in [0, 0.05) is 73.7 Å². The zero-order valence-electron chi connectivity index (χ0n) is 63.8. The van der Waals surface area contributed by atoms with Crippen LogP contribution < -0.4 is 0 Å². The summed E-state index contributed by atoms with van der Waals surface area (Å²) in [5, 5.41) is 9.82. The molecule has 0 bridgehead atoms. The Hall–Kier alpha value is -15.1. The first-order valence-electron chi connectivity index (χ1n) is 39.8. The van der Waals surface area contributed by atoms with E-state index in [2.05, 4.69) is 364 Å². The summed E-state index contributed by atoms with van der Waals surface area (Å²) in [7, 11) is 0. The van der Waals surface area contributed by atoms with Crippen molar-refractivity contribution in [3.8, 4) is 168 Å². The average molecular weight is 1540 g/mol. The first-order valence-corrected chi connectivity index (χ1v) is 41.4. The predicted molar refractivity (Wildman–Crippen MR) is 496 cm³/mol. The molecule has 0 N–H and O–H groups in total. The van der Waals surface area contributed by atoms with Crippen molar-refractivity contribution in [2.24, 2.45) is 0 Å². The molecule has 4 heterocycles. The largest absolute Gasteiger partial charge is 0.208 e. The van der Waals surface area contributed by atoms with Crippen LogP contribution in [0.1, 0.15) is 0 Å². The Morgan fingerprint density at radius 1 is 0.144 bits per heavy atom. The van der Waals surface area contributed by atoms with Gasteiger partial charge < -0.3 is 0 Å². The van der Waals surface area contributed by atoms with Crippen LogP contribution in [0, 0.1) is 0 Å². The van der Waals surface area contributed by atoms with Gasteiger partial charge in [-0.2, -0.15) is 0 Å². The van der Waals surface area contributed by atoms with E-state index >= 15 is 0 Å². The van der Waals surface area contributed by atoms with Gasteiger partial charge >= 0.3 is 0 Å². The Morgan fingerprint density at radius 3 is 0.992 bits per heavy atom. The van der Waals surface area contributed by atoms with Gasteiger partial charge in [-0.25, -0.2) is 29.9 Å². The van der Waals surface area contributed by atoms with Gasteiger partial charge in [0.1, 0.15) is 0 Å². The molecule has 0 saturated carbocycles. The molecule has 0 fully saturated rings. The van der Waals surface area contributed by atoms with E-state index < -0.39 is 0 Å². The molecule has 0 aliphatic rings. The van der Waals surface area contributed by atoms with Crippen LogP contribution in [-0.4, -0.2) is 29.9 Å². The molecule has 0 aliphatic carbocycles. The molecule has 118 heavy (non-hydrogen) atoms. The summed E-state index contributed by atoms with van der Waals surface area (Å²) in [6, 6.07) is 148. The van der Waals surface area contributed by atoms with E-state index in [-0.39, 0.29) is 0 Å². The molecule has 0 aliphatic heterocycles. The first-order chi connectivity index (χ1) is 58.5. The Bertz CT molecular complexity index is 7620. The van der Waals surface area contributed by atoms with Crippen LogP contribution in [0.15, 0.2) is 413 Å². The number of hydrogen-bond donors (Lipinski definition) is 0. The molecule has 18 aromatic carbocycles. The fraction of sp³-hybridized carbons (Fsp3) is 0. The third-order valence-corrected chi connectivity index (χ3v) is 25.4. The lowest BCUT2D eigenvalue weighted by molar-refractivity contribution is 1.07. The van der Waals surface area contributed by atoms with E-state index in [1.54, 1.807) is 0 Å². The highest BCUT2D eigenvalue weighted by Crippen LogP contribution is 2.47. The minimum Gasteiger partial charge on any atom is -0.208 e. The molecule has 22 aromatic rings. The monoisotopic (exact) mass is 1540 g/mol. The van der Waals surface area contributed by atoms with Crippen molar-refractivity contribution in [1.29, 1.82) is 0 Å². The SMILES string of the molecule is c1ccc(-c2nc(-c3ccc(-c4c(-c5ccc(-c6cccc7c6sc6ccc(-c8ccc(-c9nc(-c%10ccccc%10)nc(-c%10ccc(-c%11cccc%12c(-c%13ccc(-c%14cccc%15c%14sc%14ccccc%14%15)cc%13)cccc%11%12)cc%10)n9)c(-c9ccccc9)c8)cc67)cc5)ccc5ccccc45)cc3)nc(-c3ccccc3-c3ccccc3)n2)cc1. The highest BCUT2D eigenvalue weighted by molar-refractivity contribution is 7.26. The van der Waals surface area contributed by atoms with Crippen LogP contribution in [0.4, 0.5) is 0 Å². The molecular weight excluding hydrogens is 1470 g/mol. The molecule has 0 spiro atoms. The molecule has 4 aromatic heterocycles. The molecular formula is C110H68N6S2. The van der Waals surface area contributed by atoms with Crippen LogP contribution in [-0.2, 0) is 0 Å². The maximum absolute atomic E-state index is 5.40. The lowest BCUT2D eigenvalue weighted by Crippen LogP contribution is -2.01. The lowest BCUT2D eigenvalue weighted by atomic mass is 9.89. The van der Waals surface area contributed by atoms with E-state index in [1.165, 1.54) is 95.3 Å². The first kappa shape index (κ1) is 69.6. The second kappa shape index (κ2) is 29.7. The van der Waals surface area contributed by atoms with E-state index in [1.807, 2.05) is 71.2 Å². The summed E-state index contributed by atoms with van der Waals surface area (Å²) in [5.41, 5.74) is 26.0. The number of benzene rings is 18. The van der Waals surface area contributed by atoms with Crippen LogP contribution in [0.3, 0.4) is 0 Å². The van der Waals surface area contributed by atoms with Crippen LogP contribution >= 0.6 is 22.7 Å². The number of rotatable bonds is 15. The smallest absolute Gasteiger partial charge is 0.164 e. The highest BCUT2D eigenvalue weighted by atomic mass is 32.1. The Kier molecular flexibility index (Phi) is 17.5. The van der Waals surface area contributed by atoms with Crippen LogP contribution in [0.2, 0.25) is 0 Å². The van der Waals surface area contributed by atoms with Crippen molar-refractivity contribution >= 4 is 84.6 Å². The summed E-state index contributed by atoms with van der Waals surface area (Å²) >= 11 is 3.72. The summed E-state index contributed by atoms with van der Waals surface area (Å²) < 4.78 is 5.12. The summed E-state index contributed by atoms with van der Waals surface area (Å²) in [4.78, 5) is 31.4. The fourth-order valence-electron chi connectivity index (χ4n) is 17.1. The fourth-order valence-corrected chi connectivity index (χ4v) is 19.5. The topological polar surface area (TPSA) is 77.3 Å². The molecule has 0 unspecified atom stereocenters. The van der Waals surface area contributed by atoms with Crippen molar-refractivity contribution in [3.05, 3.63) is 413 Å². The number of hydrogen-bond acceptors (Lipinski definition) is 8. The summed E-state index contributed by atoms with van der Waals surface area (Å²) in [6.45, 7) is 0. The number of nitrogens with zero attached hydrogens (tertiary/aromatic N) is 6. The number of aromatic nitrogens is 6. The number of fused-ring (bicyclic) bond motifs is 8. The predicted octanol–water partition coefficient (Wildman–Crippen LogP) is 30.1. The molecule has 0 atom stereocenters. The number of thiophene rings is 2. The zero-order chi connectivity index (χ0) is 78.0. The third-order valence-electron chi connectivity index (χ3n) is 22.9. The maximum atomic E-state index is 5.40. The Morgan fingerprint density at radius 2 is 0.458 bits per heavy atom. The quantitative estimate of drug-likeness (QED) is 0.102. The van der Waals surface area contributed by atoms with Gasteiger partial charge in [0.15, 0.2) is 34.9 Å². The van der Waals surface area contributed by atoms with Crippen LogP contribution in [0.5, 0.6) is 0 Å². The minimum atomic E-state index is 0.597. The third kappa shape index (κ3) is 12.8. The van der Waals surface area contributed by atoms with Crippen molar-refractivity contribution in [2.45, 2.75) is 0 Å². The molecule has 0 amide bonds. The van der Waals surface area contributed by atoms with Crippen LogP contribution in [0.25, 0.3) is 230 Å². The molecule has 6 nitrogen and oxygen atoms in total. The van der Waals surface area contributed by atoms with Crippen molar-refractivity contribution in [2.75, 3.05) is 0 Å². The van der Waals surface area contributed by atoms with Crippen molar-refractivity contribution in [3.63, 3.8) is 0 Å². The second-order valence-electron chi connectivity index (χ2n) is 29.9. The van der Waals surface area contributed by atoms with Gasteiger partial charge in [-0.15, -0.1) is 22.7 Å². The van der Waals surface area contributed by atoms with Gasteiger partial charge in [0.05, 0.1) is 0 Å². The average Bonchev–Trinajstić information content (AvgIpc) is 1.47. The van der Waals surface area contributed by atoms with Gasteiger partial charge in [0.25, 0.3) is 0 Å². The maximum Gasteiger partial charge on any atom is 0.164 e. The minimum absolute atomic E-state index is 0.597. The molecule has 0 radical (unpaired) electrons. The molecule has 22 rings (SSSR count). The molecule has 8 heteroatoms. The summed E-state index contributed by atoms with van der Waals surface area (Å²) in [6.07, 6.45) is 0. The van der Waals surface area contributed by atoms with Gasteiger partial charge in [0.2, 0.25) is 0 Å². The summed E-state index contributed by atoms with van der Waals surface area (Å²) in [5.74, 6) is 3.66. The van der Waals surface area contributed by atoms with Crippen molar-refractivity contribution in [1.82, 2.24) is 29.9 Å². The Balaban J connectivity index is 0.564.